The summed E-state index contributed by atoms with van der Waals surface area (Å²) in [6.45, 7) is 4.17. The zero-order chi connectivity index (χ0) is 15.4. The molecule has 2 rings (SSSR count). The van der Waals surface area contributed by atoms with E-state index in [1.54, 1.807) is 12.1 Å². The maximum Gasteiger partial charge on any atom is 0.175 e. The highest BCUT2D eigenvalue weighted by molar-refractivity contribution is 7.85. The van der Waals surface area contributed by atoms with E-state index in [4.69, 9.17) is 0 Å². The van der Waals surface area contributed by atoms with Crippen molar-refractivity contribution >= 4 is 16.6 Å². The van der Waals surface area contributed by atoms with Crippen LogP contribution in [-0.2, 0) is 10.8 Å². The van der Waals surface area contributed by atoms with Crippen molar-refractivity contribution in [3.05, 3.63) is 65.5 Å². The minimum absolute atomic E-state index is 0.0906. The van der Waals surface area contributed by atoms with Gasteiger partial charge in [-0.3, -0.25) is 9.00 Å². The number of hydrogen-bond donors (Lipinski definition) is 0. The van der Waals surface area contributed by atoms with Crippen molar-refractivity contribution in [2.45, 2.75) is 24.7 Å². The van der Waals surface area contributed by atoms with Crippen LogP contribution in [0.15, 0.2) is 53.4 Å². The number of carbonyl (C=O) groups is 1. The Morgan fingerprint density at radius 1 is 1.05 bits per heavy atom. The van der Waals surface area contributed by atoms with E-state index in [0.29, 0.717) is 16.4 Å². The van der Waals surface area contributed by atoms with Gasteiger partial charge >= 0.3 is 0 Å². The van der Waals surface area contributed by atoms with Gasteiger partial charge in [0.15, 0.2) is 5.78 Å². The molecule has 1 atom stereocenters. The van der Waals surface area contributed by atoms with Crippen LogP contribution in [0, 0.1) is 5.82 Å². The molecule has 0 aliphatic rings. The average molecular weight is 304 g/mol. The smallest absolute Gasteiger partial charge is 0.175 e. The van der Waals surface area contributed by atoms with Crippen molar-refractivity contribution in [1.29, 1.82) is 0 Å². The molecule has 0 spiro atoms. The molecule has 4 heteroatoms. The minimum atomic E-state index is -1.45. The number of halogens is 1. The van der Waals surface area contributed by atoms with Gasteiger partial charge in [0, 0.05) is 10.5 Å². The number of hydrogen-bond acceptors (Lipinski definition) is 2. The van der Waals surface area contributed by atoms with Gasteiger partial charge < -0.3 is 0 Å². The molecule has 110 valence electrons. The van der Waals surface area contributed by atoms with E-state index in [2.05, 4.69) is 13.8 Å². The first-order valence-electron chi connectivity index (χ1n) is 6.74. The maximum absolute atomic E-state index is 12.8. The van der Waals surface area contributed by atoms with Crippen molar-refractivity contribution in [3.63, 3.8) is 0 Å². The SMILES string of the molecule is CC(C)c1ccc(C(=O)CS(=O)c2ccc(F)cc2)cc1. The van der Waals surface area contributed by atoms with Crippen molar-refractivity contribution in [2.75, 3.05) is 5.75 Å². The van der Waals surface area contributed by atoms with Crippen LogP contribution in [0.4, 0.5) is 4.39 Å². The van der Waals surface area contributed by atoms with Crippen molar-refractivity contribution in [2.24, 2.45) is 0 Å². The fraction of sp³-hybridized carbons (Fsp3) is 0.235. The van der Waals surface area contributed by atoms with Crippen LogP contribution in [0.3, 0.4) is 0 Å². The largest absolute Gasteiger partial charge is 0.293 e. The van der Waals surface area contributed by atoms with Crippen LogP contribution in [0.1, 0.15) is 35.7 Å². The summed E-state index contributed by atoms with van der Waals surface area (Å²) >= 11 is 0. The van der Waals surface area contributed by atoms with Gasteiger partial charge in [0.05, 0.1) is 16.6 Å². The van der Waals surface area contributed by atoms with Gasteiger partial charge in [-0.25, -0.2) is 4.39 Å². The van der Waals surface area contributed by atoms with Gasteiger partial charge in [-0.15, -0.1) is 0 Å². The maximum atomic E-state index is 12.8. The highest BCUT2D eigenvalue weighted by Crippen LogP contribution is 2.16. The number of benzene rings is 2. The first-order valence-corrected chi connectivity index (χ1v) is 8.06. The summed E-state index contributed by atoms with van der Waals surface area (Å²) in [5.41, 5.74) is 1.71. The second-order valence-electron chi connectivity index (χ2n) is 5.14. The lowest BCUT2D eigenvalue weighted by atomic mass is 10.0. The molecule has 0 fully saturated rings. The van der Waals surface area contributed by atoms with Crippen LogP contribution in [0.5, 0.6) is 0 Å². The van der Waals surface area contributed by atoms with E-state index in [1.807, 2.05) is 12.1 Å². The molecule has 0 bridgehead atoms. The molecule has 2 nitrogen and oxygen atoms in total. The predicted molar refractivity (Wildman–Crippen MR) is 82.5 cm³/mol. The fourth-order valence-electron chi connectivity index (χ4n) is 1.93. The summed E-state index contributed by atoms with van der Waals surface area (Å²) < 4.78 is 24.9. The molecule has 0 N–H and O–H groups in total. The van der Waals surface area contributed by atoms with Crippen LogP contribution >= 0.6 is 0 Å². The molecule has 0 aliphatic heterocycles. The van der Waals surface area contributed by atoms with Crippen LogP contribution in [-0.4, -0.2) is 15.7 Å². The Kier molecular flexibility index (Phi) is 5.02. The van der Waals surface area contributed by atoms with Crippen molar-refractivity contribution in [1.82, 2.24) is 0 Å². The number of rotatable bonds is 5. The molecule has 0 aliphatic carbocycles. The summed E-state index contributed by atoms with van der Waals surface area (Å²) in [6, 6.07) is 12.7. The Labute approximate surface area is 126 Å². The molecule has 21 heavy (non-hydrogen) atoms. The molecule has 0 aromatic heterocycles. The molecule has 0 heterocycles. The molecular weight excluding hydrogens is 287 g/mol. The lowest BCUT2D eigenvalue weighted by Crippen LogP contribution is -2.11. The Balaban J connectivity index is 2.07. The second kappa shape index (κ2) is 6.76. The Morgan fingerprint density at radius 3 is 2.14 bits per heavy atom. The lowest BCUT2D eigenvalue weighted by molar-refractivity contribution is 0.102. The molecule has 0 saturated heterocycles. The summed E-state index contributed by atoms with van der Waals surface area (Å²) in [6.07, 6.45) is 0. The summed E-state index contributed by atoms with van der Waals surface area (Å²) in [4.78, 5) is 12.6. The zero-order valence-electron chi connectivity index (χ0n) is 12.0. The highest BCUT2D eigenvalue weighted by atomic mass is 32.2. The topological polar surface area (TPSA) is 34.1 Å². The fourth-order valence-corrected chi connectivity index (χ4v) is 2.94. The van der Waals surface area contributed by atoms with Gasteiger partial charge in [-0.2, -0.15) is 0 Å². The Hall–Kier alpha value is -1.81. The van der Waals surface area contributed by atoms with Gasteiger partial charge in [-0.05, 0) is 35.7 Å². The molecule has 0 saturated carbocycles. The van der Waals surface area contributed by atoms with Crippen LogP contribution < -0.4 is 0 Å². The zero-order valence-corrected chi connectivity index (χ0v) is 12.8. The van der Waals surface area contributed by atoms with E-state index in [0.717, 1.165) is 5.56 Å². The van der Waals surface area contributed by atoms with E-state index in [1.165, 1.54) is 24.3 Å². The third-order valence-electron chi connectivity index (χ3n) is 3.24. The standard InChI is InChI=1S/C17H17FO2S/c1-12(2)13-3-5-14(6-4-13)17(19)11-21(20)16-9-7-15(18)8-10-16/h3-10,12H,11H2,1-2H3. The van der Waals surface area contributed by atoms with E-state index >= 15 is 0 Å². The quantitative estimate of drug-likeness (QED) is 0.784. The molecular formula is C17H17FO2S. The normalized spacial score (nSPS) is 12.4. The summed E-state index contributed by atoms with van der Waals surface area (Å²) in [5.74, 6) is -0.242. The minimum Gasteiger partial charge on any atom is -0.293 e. The molecule has 2 aromatic carbocycles. The van der Waals surface area contributed by atoms with E-state index in [9.17, 15) is 13.4 Å². The van der Waals surface area contributed by atoms with Crippen molar-refractivity contribution < 1.29 is 13.4 Å². The van der Waals surface area contributed by atoms with Gasteiger partial charge in [0.25, 0.3) is 0 Å². The third kappa shape index (κ3) is 4.08. The van der Waals surface area contributed by atoms with Gasteiger partial charge in [0.2, 0.25) is 0 Å². The first kappa shape index (κ1) is 15.6. The van der Waals surface area contributed by atoms with Gasteiger partial charge in [-0.1, -0.05) is 38.1 Å². The van der Waals surface area contributed by atoms with Crippen molar-refractivity contribution in [3.8, 4) is 0 Å². The Bertz CT molecular complexity index is 645. The molecule has 0 amide bonds. The molecule has 1 unspecified atom stereocenters. The van der Waals surface area contributed by atoms with Gasteiger partial charge in [0.1, 0.15) is 5.82 Å². The van der Waals surface area contributed by atoms with E-state index < -0.39 is 10.8 Å². The number of Topliss-reactive ketones (excluding diaryl/α,β-unsaturated/α-hetero) is 1. The van der Waals surface area contributed by atoms with E-state index in [-0.39, 0.29) is 17.4 Å². The predicted octanol–water partition coefficient (Wildman–Crippen LogP) is 3.94. The van der Waals surface area contributed by atoms with Crippen LogP contribution in [0.25, 0.3) is 0 Å². The summed E-state index contributed by atoms with van der Waals surface area (Å²) in [7, 11) is -1.45. The van der Waals surface area contributed by atoms with Crippen LogP contribution in [0.2, 0.25) is 0 Å². The monoisotopic (exact) mass is 304 g/mol. The first-order chi connectivity index (χ1) is 9.97. The molecule has 2 aromatic rings. The molecule has 0 radical (unpaired) electrons. The second-order valence-corrected chi connectivity index (χ2v) is 6.59. The third-order valence-corrected chi connectivity index (χ3v) is 4.56. The summed E-state index contributed by atoms with van der Waals surface area (Å²) in [5, 5.41) is 0. The number of carbonyl (C=O) groups excluding carboxylic acids is 1. The Morgan fingerprint density at radius 2 is 1.62 bits per heavy atom. The highest BCUT2D eigenvalue weighted by Gasteiger charge is 2.13. The lowest BCUT2D eigenvalue weighted by Gasteiger charge is -2.06. The number of ketones is 1. The average Bonchev–Trinajstić information content (AvgIpc) is 2.47.